The van der Waals surface area contributed by atoms with Crippen LogP contribution in [0.3, 0.4) is 0 Å². The standard InChI is InChI=1S/C29H25FN4O2/c1-18(2)22-13-21-14-25(27(35)33-29(11-12-29)23-7-3-19(15-31)4-8-23)28(36)34(26(21)32-16-22)17-20-5-9-24(30)10-6-20/h3-10,13-14,16,18H,11-12,17H2,1-2H3,(H,33,35). The molecule has 1 fully saturated rings. The van der Waals surface area contributed by atoms with Crippen molar-refractivity contribution in [3.8, 4) is 6.07 Å². The Bertz CT molecular complexity index is 1560. The monoisotopic (exact) mass is 480 g/mol. The molecule has 4 aromatic rings. The summed E-state index contributed by atoms with van der Waals surface area (Å²) < 4.78 is 14.9. The number of rotatable bonds is 6. The van der Waals surface area contributed by atoms with Crippen molar-refractivity contribution in [1.29, 1.82) is 5.26 Å². The predicted octanol–water partition coefficient (Wildman–Crippen LogP) is 5.00. The first-order valence-corrected chi connectivity index (χ1v) is 11.9. The van der Waals surface area contributed by atoms with Gasteiger partial charge in [0.1, 0.15) is 17.0 Å². The van der Waals surface area contributed by atoms with Gasteiger partial charge in [-0.3, -0.25) is 14.2 Å². The largest absolute Gasteiger partial charge is 0.342 e. The highest BCUT2D eigenvalue weighted by molar-refractivity contribution is 5.97. The first kappa shape index (κ1) is 23.4. The Labute approximate surface area is 208 Å². The third-order valence-electron chi connectivity index (χ3n) is 6.78. The van der Waals surface area contributed by atoms with Crippen molar-refractivity contribution in [2.45, 2.75) is 44.7 Å². The quantitative estimate of drug-likeness (QED) is 0.421. The van der Waals surface area contributed by atoms with Gasteiger partial charge in [-0.1, -0.05) is 38.1 Å². The molecule has 180 valence electrons. The van der Waals surface area contributed by atoms with E-state index in [1.54, 1.807) is 36.5 Å². The summed E-state index contributed by atoms with van der Waals surface area (Å²) >= 11 is 0. The van der Waals surface area contributed by atoms with Gasteiger partial charge in [0, 0.05) is 11.6 Å². The molecule has 7 heteroatoms. The smallest absolute Gasteiger partial charge is 0.265 e. The highest BCUT2D eigenvalue weighted by atomic mass is 19.1. The summed E-state index contributed by atoms with van der Waals surface area (Å²) in [7, 11) is 0. The van der Waals surface area contributed by atoms with Crippen molar-refractivity contribution in [2.75, 3.05) is 0 Å². The molecule has 2 heterocycles. The van der Waals surface area contributed by atoms with Crippen molar-refractivity contribution in [3.63, 3.8) is 0 Å². The van der Waals surface area contributed by atoms with E-state index in [2.05, 4.69) is 30.2 Å². The van der Waals surface area contributed by atoms with E-state index >= 15 is 0 Å². The number of hydrogen-bond donors (Lipinski definition) is 1. The summed E-state index contributed by atoms with van der Waals surface area (Å²) in [4.78, 5) is 31.6. The van der Waals surface area contributed by atoms with Gasteiger partial charge in [-0.25, -0.2) is 9.37 Å². The van der Waals surface area contributed by atoms with Crippen LogP contribution in [0.4, 0.5) is 4.39 Å². The summed E-state index contributed by atoms with van der Waals surface area (Å²) in [5, 5.41) is 12.8. The minimum absolute atomic E-state index is 0.0345. The van der Waals surface area contributed by atoms with Crippen molar-refractivity contribution in [3.05, 3.63) is 111 Å². The number of hydrogen-bond acceptors (Lipinski definition) is 4. The van der Waals surface area contributed by atoms with Crippen LogP contribution in [-0.2, 0) is 12.1 Å². The summed E-state index contributed by atoms with van der Waals surface area (Å²) in [5.41, 5.74) is 2.68. The molecule has 1 aliphatic carbocycles. The number of amides is 1. The molecule has 1 N–H and O–H groups in total. The number of nitrogens with one attached hydrogen (secondary N) is 1. The number of aromatic nitrogens is 2. The molecule has 1 aliphatic rings. The zero-order valence-electron chi connectivity index (χ0n) is 20.1. The summed E-state index contributed by atoms with van der Waals surface area (Å²) in [6.45, 7) is 4.27. The molecule has 0 aliphatic heterocycles. The van der Waals surface area contributed by atoms with Gasteiger partial charge in [0.2, 0.25) is 0 Å². The fourth-order valence-corrected chi connectivity index (χ4v) is 4.44. The molecule has 6 nitrogen and oxygen atoms in total. The number of carbonyl (C=O) groups excluding carboxylic acids is 1. The van der Waals surface area contributed by atoms with E-state index in [1.807, 2.05) is 18.2 Å². The minimum atomic E-state index is -0.549. The normalized spacial score (nSPS) is 14.0. The molecule has 2 aromatic carbocycles. The average molecular weight is 481 g/mol. The van der Waals surface area contributed by atoms with Gasteiger partial charge in [0.15, 0.2) is 0 Å². The number of nitrogens with zero attached hydrogens (tertiary/aromatic N) is 3. The van der Waals surface area contributed by atoms with E-state index < -0.39 is 17.0 Å². The van der Waals surface area contributed by atoms with Crippen molar-refractivity contribution in [1.82, 2.24) is 14.9 Å². The lowest BCUT2D eigenvalue weighted by atomic mass is 10.0. The zero-order chi connectivity index (χ0) is 25.4. The molecule has 0 saturated heterocycles. The Morgan fingerprint density at radius 1 is 1.14 bits per heavy atom. The fraction of sp³-hybridized carbons (Fsp3) is 0.241. The average Bonchev–Trinajstić information content (AvgIpc) is 3.66. The summed E-state index contributed by atoms with van der Waals surface area (Å²) in [6.07, 6.45) is 3.25. The third-order valence-corrected chi connectivity index (χ3v) is 6.78. The maximum Gasteiger partial charge on any atom is 0.265 e. The minimum Gasteiger partial charge on any atom is -0.342 e. The van der Waals surface area contributed by atoms with E-state index in [0.29, 0.717) is 16.6 Å². The number of fused-ring (bicyclic) bond motifs is 1. The highest BCUT2D eigenvalue weighted by Crippen LogP contribution is 2.45. The van der Waals surface area contributed by atoms with E-state index in [9.17, 15) is 14.0 Å². The number of benzene rings is 2. The lowest BCUT2D eigenvalue weighted by molar-refractivity contribution is 0.0929. The van der Waals surface area contributed by atoms with Gasteiger partial charge < -0.3 is 5.32 Å². The van der Waals surface area contributed by atoms with Gasteiger partial charge in [-0.15, -0.1) is 0 Å². The van der Waals surface area contributed by atoms with Gasteiger partial charge in [-0.05, 0) is 71.8 Å². The van der Waals surface area contributed by atoms with E-state index in [4.69, 9.17) is 5.26 Å². The molecule has 5 rings (SSSR count). The predicted molar refractivity (Wildman–Crippen MR) is 135 cm³/mol. The summed E-state index contributed by atoms with van der Waals surface area (Å²) in [6, 6.07) is 18.7. The van der Waals surface area contributed by atoms with Crippen LogP contribution in [0.2, 0.25) is 0 Å². The van der Waals surface area contributed by atoms with Gasteiger partial charge in [0.25, 0.3) is 11.5 Å². The van der Waals surface area contributed by atoms with Crippen molar-refractivity contribution in [2.24, 2.45) is 0 Å². The van der Waals surface area contributed by atoms with E-state index in [1.165, 1.54) is 16.7 Å². The van der Waals surface area contributed by atoms with Crippen LogP contribution in [0.15, 0.2) is 71.7 Å². The third kappa shape index (κ3) is 4.38. The molecular formula is C29H25FN4O2. The van der Waals surface area contributed by atoms with Crippen LogP contribution in [0.1, 0.15) is 65.2 Å². The molecule has 0 radical (unpaired) electrons. The Kier molecular flexibility index (Phi) is 5.89. The van der Waals surface area contributed by atoms with Gasteiger partial charge in [-0.2, -0.15) is 5.26 Å². The van der Waals surface area contributed by atoms with Gasteiger partial charge in [0.05, 0.1) is 23.7 Å². The first-order valence-electron chi connectivity index (χ1n) is 11.9. The summed E-state index contributed by atoms with van der Waals surface area (Å²) in [5.74, 6) is -0.587. The Hall–Kier alpha value is -4.31. The van der Waals surface area contributed by atoms with Crippen molar-refractivity contribution >= 4 is 16.9 Å². The van der Waals surface area contributed by atoms with Crippen molar-refractivity contribution < 1.29 is 9.18 Å². The maximum absolute atomic E-state index is 13.6. The molecule has 2 aromatic heterocycles. The number of halogens is 1. The SMILES string of the molecule is CC(C)c1cnc2c(c1)cc(C(=O)NC1(c3ccc(C#N)cc3)CC1)c(=O)n2Cc1ccc(F)cc1. The Morgan fingerprint density at radius 3 is 2.44 bits per heavy atom. The molecule has 1 amide bonds. The second-order valence-electron chi connectivity index (χ2n) is 9.64. The second kappa shape index (κ2) is 9.04. The van der Waals surface area contributed by atoms with Crippen LogP contribution in [0.25, 0.3) is 11.0 Å². The topological polar surface area (TPSA) is 87.8 Å². The van der Waals surface area contributed by atoms with E-state index in [-0.39, 0.29) is 23.8 Å². The molecular weight excluding hydrogens is 455 g/mol. The second-order valence-corrected chi connectivity index (χ2v) is 9.64. The Balaban J connectivity index is 1.56. The van der Waals surface area contributed by atoms with Crippen LogP contribution < -0.4 is 10.9 Å². The molecule has 0 spiro atoms. The molecule has 0 bridgehead atoms. The zero-order valence-corrected chi connectivity index (χ0v) is 20.1. The molecule has 0 unspecified atom stereocenters. The fourth-order valence-electron chi connectivity index (χ4n) is 4.44. The van der Waals surface area contributed by atoms with Crippen LogP contribution in [0.5, 0.6) is 0 Å². The first-order chi connectivity index (χ1) is 17.3. The Morgan fingerprint density at radius 2 is 1.83 bits per heavy atom. The number of carbonyl (C=O) groups is 1. The van der Waals surface area contributed by atoms with Crippen LogP contribution >= 0.6 is 0 Å². The molecule has 36 heavy (non-hydrogen) atoms. The van der Waals surface area contributed by atoms with E-state index in [0.717, 1.165) is 29.5 Å². The van der Waals surface area contributed by atoms with Gasteiger partial charge >= 0.3 is 0 Å². The lowest BCUT2D eigenvalue weighted by Gasteiger charge is -2.19. The molecule has 0 atom stereocenters. The molecule has 1 saturated carbocycles. The number of pyridine rings is 2. The highest BCUT2D eigenvalue weighted by Gasteiger charge is 2.46. The van der Waals surface area contributed by atoms with Crippen LogP contribution in [0, 0.1) is 17.1 Å². The maximum atomic E-state index is 13.6. The lowest BCUT2D eigenvalue weighted by Crippen LogP contribution is -2.39. The van der Waals surface area contributed by atoms with Crippen LogP contribution in [-0.4, -0.2) is 15.5 Å². The number of nitriles is 1.